The molecule has 6 heteroatoms. The number of tetrazole rings is 1. The van der Waals surface area contributed by atoms with E-state index in [9.17, 15) is 0 Å². The van der Waals surface area contributed by atoms with Crippen LogP contribution >= 0.6 is 12.4 Å². The largest absolute Gasteiger partial charge is 0.326 e. The molecule has 1 atom stereocenters. The van der Waals surface area contributed by atoms with Crippen molar-refractivity contribution in [3.05, 3.63) is 5.82 Å². The average Bonchev–Trinajstić information content (AvgIpc) is 2.15. The molecule has 64 valence electrons. The van der Waals surface area contributed by atoms with Crippen LogP contribution in [0.15, 0.2) is 0 Å². The Morgan fingerprint density at radius 3 is 2.64 bits per heavy atom. The van der Waals surface area contributed by atoms with E-state index >= 15 is 0 Å². The Hall–Kier alpha value is -0.680. The van der Waals surface area contributed by atoms with Crippen molar-refractivity contribution in [3.8, 4) is 0 Å². The summed E-state index contributed by atoms with van der Waals surface area (Å²) in [6.45, 7) is 4.45. The highest BCUT2D eigenvalue weighted by molar-refractivity contribution is 5.85. The number of aromatic nitrogens is 4. The van der Waals surface area contributed by atoms with Gasteiger partial charge >= 0.3 is 0 Å². The quantitative estimate of drug-likeness (QED) is 0.677. The summed E-state index contributed by atoms with van der Waals surface area (Å²) in [4.78, 5) is 0. The van der Waals surface area contributed by atoms with Gasteiger partial charge in [0, 0.05) is 6.04 Å². The van der Waals surface area contributed by atoms with Crippen LogP contribution in [0.4, 0.5) is 0 Å². The van der Waals surface area contributed by atoms with Gasteiger partial charge in [-0.1, -0.05) is 0 Å². The van der Waals surface area contributed by atoms with Crippen molar-refractivity contribution >= 4 is 12.4 Å². The maximum absolute atomic E-state index is 5.54. The number of rotatable bonds is 2. The van der Waals surface area contributed by atoms with Crippen LogP contribution in [0.5, 0.6) is 0 Å². The lowest BCUT2D eigenvalue weighted by Gasteiger charge is -2.03. The fourth-order valence-electron chi connectivity index (χ4n) is 0.691. The topological polar surface area (TPSA) is 69.6 Å². The molecule has 0 spiro atoms. The van der Waals surface area contributed by atoms with Crippen LogP contribution in [0.25, 0.3) is 0 Å². The maximum Gasteiger partial charge on any atom is 0.148 e. The van der Waals surface area contributed by atoms with E-state index < -0.39 is 0 Å². The molecular weight excluding hydrogens is 166 g/mol. The SMILES string of the molecule is Cc1nnnn1C[C@@H](C)N.Cl. The van der Waals surface area contributed by atoms with Crippen LogP contribution in [-0.2, 0) is 6.54 Å². The number of nitrogens with two attached hydrogens (primary N) is 1. The second-order valence-electron chi connectivity index (χ2n) is 2.39. The monoisotopic (exact) mass is 177 g/mol. The van der Waals surface area contributed by atoms with Crippen LogP contribution in [0.1, 0.15) is 12.7 Å². The molecule has 0 aliphatic heterocycles. The van der Waals surface area contributed by atoms with Crippen molar-refractivity contribution in [2.45, 2.75) is 26.4 Å². The van der Waals surface area contributed by atoms with Gasteiger partial charge in [0.15, 0.2) is 0 Å². The first kappa shape index (κ1) is 10.3. The van der Waals surface area contributed by atoms with Crippen LogP contribution in [0, 0.1) is 6.92 Å². The van der Waals surface area contributed by atoms with E-state index in [0.717, 1.165) is 5.82 Å². The Kier molecular flexibility index (Phi) is 3.99. The second-order valence-corrected chi connectivity index (χ2v) is 2.39. The molecule has 0 aliphatic rings. The van der Waals surface area contributed by atoms with Crippen molar-refractivity contribution in [1.82, 2.24) is 20.2 Å². The fourth-order valence-corrected chi connectivity index (χ4v) is 0.691. The molecule has 2 N–H and O–H groups in total. The van der Waals surface area contributed by atoms with Crippen LogP contribution in [-0.4, -0.2) is 26.2 Å². The second kappa shape index (κ2) is 4.25. The predicted molar refractivity (Wildman–Crippen MR) is 43.5 cm³/mol. The molecule has 1 aromatic rings. The number of halogens is 1. The van der Waals surface area contributed by atoms with Gasteiger partial charge in [0.05, 0.1) is 6.54 Å². The minimum Gasteiger partial charge on any atom is -0.326 e. The molecule has 0 amide bonds. The van der Waals surface area contributed by atoms with Gasteiger partial charge in [-0.05, 0) is 24.3 Å². The first-order chi connectivity index (χ1) is 4.70. The standard InChI is InChI=1S/C5H11N5.ClH/c1-4(6)3-10-5(2)7-8-9-10;/h4H,3,6H2,1-2H3;1H/t4-;/m1./s1. The fraction of sp³-hybridized carbons (Fsp3) is 0.800. The van der Waals surface area contributed by atoms with Gasteiger partial charge in [0.2, 0.25) is 0 Å². The lowest BCUT2D eigenvalue weighted by Crippen LogP contribution is -2.23. The molecule has 0 unspecified atom stereocenters. The number of nitrogens with zero attached hydrogens (tertiary/aromatic N) is 4. The minimum atomic E-state index is 0. The maximum atomic E-state index is 5.54. The molecule has 0 aromatic carbocycles. The first-order valence-corrected chi connectivity index (χ1v) is 3.18. The Morgan fingerprint density at radius 1 is 1.64 bits per heavy atom. The summed E-state index contributed by atoms with van der Waals surface area (Å²) in [7, 11) is 0. The van der Waals surface area contributed by atoms with E-state index in [1.54, 1.807) is 4.68 Å². The number of aryl methyl sites for hydroxylation is 1. The summed E-state index contributed by atoms with van der Waals surface area (Å²) in [5.74, 6) is 0.803. The van der Waals surface area contributed by atoms with Gasteiger partial charge < -0.3 is 5.73 Å². The molecule has 5 nitrogen and oxygen atoms in total. The molecule has 0 radical (unpaired) electrons. The predicted octanol–water partition coefficient (Wildman–Crippen LogP) is -0.249. The zero-order chi connectivity index (χ0) is 7.56. The molecule has 0 bridgehead atoms. The van der Waals surface area contributed by atoms with E-state index in [2.05, 4.69) is 15.5 Å². The molecular formula is C5H12ClN5. The zero-order valence-corrected chi connectivity index (χ0v) is 7.38. The number of hydrogen-bond acceptors (Lipinski definition) is 4. The molecule has 0 aliphatic carbocycles. The van der Waals surface area contributed by atoms with Crippen molar-refractivity contribution in [2.24, 2.45) is 5.73 Å². The third-order valence-electron chi connectivity index (χ3n) is 1.17. The van der Waals surface area contributed by atoms with Gasteiger partial charge in [-0.2, -0.15) is 0 Å². The zero-order valence-electron chi connectivity index (χ0n) is 6.56. The van der Waals surface area contributed by atoms with Gasteiger partial charge in [0.1, 0.15) is 5.82 Å². The van der Waals surface area contributed by atoms with E-state index in [1.165, 1.54) is 0 Å². The van der Waals surface area contributed by atoms with Crippen LogP contribution in [0.3, 0.4) is 0 Å². The summed E-state index contributed by atoms with van der Waals surface area (Å²) in [5.41, 5.74) is 5.54. The average molecular weight is 178 g/mol. The Morgan fingerprint density at radius 2 is 2.27 bits per heavy atom. The molecule has 0 saturated heterocycles. The first-order valence-electron chi connectivity index (χ1n) is 3.18. The summed E-state index contributed by atoms with van der Waals surface area (Å²) >= 11 is 0. The molecule has 1 rings (SSSR count). The van der Waals surface area contributed by atoms with Crippen molar-refractivity contribution in [1.29, 1.82) is 0 Å². The smallest absolute Gasteiger partial charge is 0.148 e. The highest BCUT2D eigenvalue weighted by Gasteiger charge is 2.01. The lowest BCUT2D eigenvalue weighted by atomic mass is 10.4. The molecule has 11 heavy (non-hydrogen) atoms. The van der Waals surface area contributed by atoms with Crippen LogP contribution in [0.2, 0.25) is 0 Å². The minimum absolute atomic E-state index is 0. The summed E-state index contributed by atoms with van der Waals surface area (Å²) in [6.07, 6.45) is 0. The number of hydrogen-bond donors (Lipinski definition) is 1. The van der Waals surface area contributed by atoms with Crippen molar-refractivity contribution in [2.75, 3.05) is 0 Å². The third-order valence-corrected chi connectivity index (χ3v) is 1.17. The Balaban J connectivity index is 0.000001000. The highest BCUT2D eigenvalue weighted by Crippen LogP contribution is 1.89. The van der Waals surface area contributed by atoms with Gasteiger partial charge in [-0.15, -0.1) is 17.5 Å². The van der Waals surface area contributed by atoms with E-state index in [1.807, 2.05) is 13.8 Å². The van der Waals surface area contributed by atoms with Crippen LogP contribution < -0.4 is 5.73 Å². The Labute approximate surface area is 71.4 Å². The Bertz CT molecular complexity index is 208. The normalized spacial score (nSPS) is 12.3. The van der Waals surface area contributed by atoms with E-state index in [0.29, 0.717) is 6.54 Å². The summed E-state index contributed by atoms with van der Waals surface area (Å²) in [5, 5.41) is 10.9. The van der Waals surface area contributed by atoms with Gasteiger partial charge in [-0.3, -0.25) is 0 Å². The molecule has 0 saturated carbocycles. The molecule has 1 aromatic heterocycles. The van der Waals surface area contributed by atoms with E-state index in [4.69, 9.17) is 5.73 Å². The summed E-state index contributed by atoms with van der Waals surface area (Å²) in [6, 6.07) is 0.0993. The summed E-state index contributed by atoms with van der Waals surface area (Å²) < 4.78 is 1.69. The lowest BCUT2D eigenvalue weighted by molar-refractivity contribution is 0.513. The van der Waals surface area contributed by atoms with Gasteiger partial charge in [0.25, 0.3) is 0 Å². The van der Waals surface area contributed by atoms with Crippen molar-refractivity contribution < 1.29 is 0 Å². The highest BCUT2D eigenvalue weighted by atomic mass is 35.5. The molecule has 0 fully saturated rings. The molecule has 1 heterocycles. The third kappa shape index (κ3) is 2.81. The van der Waals surface area contributed by atoms with Gasteiger partial charge in [-0.25, -0.2) is 4.68 Å². The van der Waals surface area contributed by atoms with Crippen molar-refractivity contribution in [3.63, 3.8) is 0 Å². The van der Waals surface area contributed by atoms with E-state index in [-0.39, 0.29) is 18.4 Å².